The highest BCUT2D eigenvalue weighted by molar-refractivity contribution is 5.76. The zero-order valence-electron chi connectivity index (χ0n) is 9.61. The Balaban J connectivity index is 2.31. The van der Waals surface area contributed by atoms with E-state index in [1.807, 2.05) is 18.7 Å². The van der Waals surface area contributed by atoms with Crippen LogP contribution in [0.25, 0.3) is 0 Å². The van der Waals surface area contributed by atoms with Crippen LogP contribution in [0.2, 0.25) is 0 Å². The molecule has 0 aliphatic carbocycles. The maximum Gasteiger partial charge on any atom is 0.222 e. The lowest BCUT2D eigenvalue weighted by molar-refractivity contribution is -0.143. The molecule has 1 amide bonds. The van der Waals surface area contributed by atoms with Crippen LogP contribution in [0, 0.1) is 0 Å². The fourth-order valence-electron chi connectivity index (χ4n) is 1.93. The standard InChI is InChI=1S/C11H21NO3/c1-9-7-12(8-10(2)15-9)11(14)5-3-4-6-13/h9-10,13H,3-8H2,1-2H3/t9-,10+. The van der Waals surface area contributed by atoms with Crippen molar-refractivity contribution in [2.24, 2.45) is 0 Å². The summed E-state index contributed by atoms with van der Waals surface area (Å²) in [6.45, 7) is 5.54. The Morgan fingerprint density at radius 2 is 1.93 bits per heavy atom. The Morgan fingerprint density at radius 1 is 1.33 bits per heavy atom. The third-order valence-corrected chi connectivity index (χ3v) is 2.57. The van der Waals surface area contributed by atoms with Gasteiger partial charge in [0.25, 0.3) is 0 Å². The van der Waals surface area contributed by atoms with Gasteiger partial charge in [0.2, 0.25) is 5.91 Å². The molecule has 0 radical (unpaired) electrons. The third-order valence-electron chi connectivity index (χ3n) is 2.57. The summed E-state index contributed by atoms with van der Waals surface area (Å²) in [5.74, 6) is 0.186. The van der Waals surface area contributed by atoms with Crippen LogP contribution in [0.1, 0.15) is 33.1 Å². The number of rotatable bonds is 4. The average Bonchev–Trinajstić information content (AvgIpc) is 2.16. The monoisotopic (exact) mass is 215 g/mol. The summed E-state index contributed by atoms with van der Waals surface area (Å²) in [5.41, 5.74) is 0. The second-order valence-corrected chi connectivity index (χ2v) is 4.24. The molecule has 0 unspecified atom stereocenters. The second kappa shape index (κ2) is 6.08. The summed E-state index contributed by atoms with van der Waals surface area (Å²) in [6, 6.07) is 0. The summed E-state index contributed by atoms with van der Waals surface area (Å²) < 4.78 is 5.56. The minimum atomic E-state index is 0.135. The van der Waals surface area contributed by atoms with Gasteiger partial charge in [-0.2, -0.15) is 0 Å². The molecule has 0 aromatic heterocycles. The molecule has 4 heteroatoms. The Labute approximate surface area is 91.2 Å². The molecule has 1 N–H and O–H groups in total. The number of hydrogen-bond donors (Lipinski definition) is 1. The number of aliphatic hydroxyl groups is 1. The van der Waals surface area contributed by atoms with Crippen LogP contribution >= 0.6 is 0 Å². The van der Waals surface area contributed by atoms with Crippen molar-refractivity contribution in [1.29, 1.82) is 0 Å². The van der Waals surface area contributed by atoms with Gasteiger partial charge in [-0.15, -0.1) is 0 Å². The number of morpholine rings is 1. The number of ether oxygens (including phenoxy) is 1. The third kappa shape index (κ3) is 4.18. The molecule has 0 spiro atoms. The highest BCUT2D eigenvalue weighted by Crippen LogP contribution is 2.12. The molecule has 88 valence electrons. The van der Waals surface area contributed by atoms with Crippen molar-refractivity contribution in [3.05, 3.63) is 0 Å². The maximum absolute atomic E-state index is 11.8. The number of unbranched alkanes of at least 4 members (excludes halogenated alkanes) is 1. The highest BCUT2D eigenvalue weighted by Gasteiger charge is 2.25. The van der Waals surface area contributed by atoms with Crippen LogP contribution in [0.3, 0.4) is 0 Å². The summed E-state index contributed by atoms with van der Waals surface area (Å²) in [7, 11) is 0. The number of carbonyl (C=O) groups is 1. The van der Waals surface area contributed by atoms with Gasteiger partial charge in [-0.25, -0.2) is 0 Å². The fraction of sp³-hybridized carbons (Fsp3) is 0.909. The molecule has 15 heavy (non-hydrogen) atoms. The van der Waals surface area contributed by atoms with Gasteiger partial charge in [-0.1, -0.05) is 0 Å². The molecular weight excluding hydrogens is 194 g/mol. The van der Waals surface area contributed by atoms with Gasteiger partial charge in [0, 0.05) is 26.1 Å². The molecule has 1 aliphatic rings. The molecule has 0 saturated carbocycles. The molecular formula is C11H21NO3. The van der Waals surface area contributed by atoms with Crippen LogP contribution < -0.4 is 0 Å². The van der Waals surface area contributed by atoms with Gasteiger partial charge in [0.05, 0.1) is 12.2 Å². The zero-order valence-corrected chi connectivity index (χ0v) is 9.61. The number of aliphatic hydroxyl groups excluding tert-OH is 1. The van der Waals surface area contributed by atoms with E-state index in [1.54, 1.807) is 0 Å². The predicted octanol–water partition coefficient (Wildman–Crippen LogP) is 0.785. The van der Waals surface area contributed by atoms with Crippen LogP contribution in [0.4, 0.5) is 0 Å². The van der Waals surface area contributed by atoms with Crippen molar-refractivity contribution in [1.82, 2.24) is 4.90 Å². The number of carbonyl (C=O) groups excluding carboxylic acids is 1. The van der Waals surface area contributed by atoms with Crippen LogP contribution in [0.5, 0.6) is 0 Å². The Kier molecular flexibility index (Phi) is 5.05. The second-order valence-electron chi connectivity index (χ2n) is 4.24. The van der Waals surface area contributed by atoms with Crippen LogP contribution in [-0.4, -0.2) is 47.8 Å². The lowest BCUT2D eigenvalue weighted by Crippen LogP contribution is -2.48. The Bertz CT molecular complexity index is 198. The van der Waals surface area contributed by atoms with Crippen molar-refractivity contribution in [2.75, 3.05) is 19.7 Å². The fourth-order valence-corrected chi connectivity index (χ4v) is 1.93. The highest BCUT2D eigenvalue weighted by atomic mass is 16.5. The van der Waals surface area contributed by atoms with E-state index in [2.05, 4.69) is 0 Å². The smallest absolute Gasteiger partial charge is 0.222 e. The summed E-state index contributed by atoms with van der Waals surface area (Å²) in [5, 5.41) is 8.63. The van der Waals surface area contributed by atoms with E-state index in [9.17, 15) is 4.79 Å². The molecule has 1 heterocycles. The van der Waals surface area contributed by atoms with E-state index in [0.717, 1.165) is 6.42 Å². The lowest BCUT2D eigenvalue weighted by Gasteiger charge is -2.35. The van der Waals surface area contributed by atoms with Crippen molar-refractivity contribution in [3.63, 3.8) is 0 Å². The number of hydrogen-bond acceptors (Lipinski definition) is 3. The van der Waals surface area contributed by atoms with Gasteiger partial charge in [-0.3, -0.25) is 4.79 Å². The van der Waals surface area contributed by atoms with Crippen molar-refractivity contribution in [3.8, 4) is 0 Å². The lowest BCUT2D eigenvalue weighted by atomic mass is 10.2. The maximum atomic E-state index is 11.8. The van der Waals surface area contributed by atoms with Crippen molar-refractivity contribution >= 4 is 5.91 Å². The normalized spacial score (nSPS) is 26.7. The molecule has 0 aromatic rings. The molecule has 0 aromatic carbocycles. The summed E-state index contributed by atoms with van der Waals surface area (Å²) in [4.78, 5) is 13.6. The van der Waals surface area contributed by atoms with E-state index >= 15 is 0 Å². The first-order valence-corrected chi connectivity index (χ1v) is 5.67. The number of amides is 1. The first kappa shape index (κ1) is 12.5. The van der Waals surface area contributed by atoms with Gasteiger partial charge in [0.15, 0.2) is 0 Å². The van der Waals surface area contributed by atoms with Gasteiger partial charge < -0.3 is 14.7 Å². The first-order valence-electron chi connectivity index (χ1n) is 5.67. The topological polar surface area (TPSA) is 49.8 Å². The largest absolute Gasteiger partial charge is 0.396 e. The molecule has 0 bridgehead atoms. The van der Waals surface area contributed by atoms with Crippen LogP contribution in [0.15, 0.2) is 0 Å². The van der Waals surface area contributed by atoms with E-state index in [4.69, 9.17) is 9.84 Å². The SMILES string of the molecule is C[C@@H]1CN(C(=O)CCCCO)C[C@H](C)O1. The molecule has 1 fully saturated rings. The quantitative estimate of drug-likeness (QED) is 0.705. The van der Waals surface area contributed by atoms with Crippen molar-refractivity contribution < 1.29 is 14.6 Å². The number of nitrogens with zero attached hydrogens (tertiary/aromatic N) is 1. The average molecular weight is 215 g/mol. The Morgan fingerprint density at radius 3 is 2.47 bits per heavy atom. The van der Waals surface area contributed by atoms with E-state index in [-0.39, 0.29) is 24.7 Å². The van der Waals surface area contributed by atoms with Gasteiger partial charge >= 0.3 is 0 Å². The Hall–Kier alpha value is -0.610. The predicted molar refractivity (Wildman–Crippen MR) is 57.5 cm³/mol. The molecule has 1 aliphatic heterocycles. The van der Waals surface area contributed by atoms with Gasteiger partial charge in [0.1, 0.15) is 0 Å². The molecule has 1 saturated heterocycles. The molecule has 4 nitrogen and oxygen atoms in total. The van der Waals surface area contributed by atoms with E-state index in [0.29, 0.717) is 25.9 Å². The summed E-state index contributed by atoms with van der Waals surface area (Å²) >= 11 is 0. The van der Waals surface area contributed by atoms with Crippen LogP contribution in [-0.2, 0) is 9.53 Å². The van der Waals surface area contributed by atoms with E-state index in [1.165, 1.54) is 0 Å². The minimum absolute atomic E-state index is 0.135. The van der Waals surface area contributed by atoms with E-state index < -0.39 is 0 Å². The van der Waals surface area contributed by atoms with Gasteiger partial charge in [-0.05, 0) is 26.7 Å². The van der Waals surface area contributed by atoms with Crippen molar-refractivity contribution in [2.45, 2.75) is 45.3 Å². The zero-order chi connectivity index (χ0) is 11.3. The minimum Gasteiger partial charge on any atom is -0.396 e. The first-order chi connectivity index (χ1) is 7.13. The molecule has 1 rings (SSSR count). The molecule has 2 atom stereocenters. The summed E-state index contributed by atoms with van der Waals surface area (Å²) in [6.07, 6.45) is 2.29.